The molecular formula is C56H37N5O. The molecule has 292 valence electrons. The first kappa shape index (κ1) is 35.6. The van der Waals surface area contributed by atoms with E-state index in [-0.39, 0.29) is 0 Å². The number of nitrogens with zero attached hydrogens (tertiary/aromatic N) is 5. The average molecular weight is 796 g/mol. The summed E-state index contributed by atoms with van der Waals surface area (Å²) in [7, 11) is 0. The molecule has 0 unspecified atom stereocenters. The van der Waals surface area contributed by atoms with Crippen molar-refractivity contribution >= 4 is 71.4 Å². The van der Waals surface area contributed by atoms with Crippen LogP contribution < -0.4 is 0 Å². The first-order valence-corrected chi connectivity index (χ1v) is 20.8. The predicted molar refractivity (Wildman–Crippen MR) is 256 cm³/mol. The zero-order chi connectivity index (χ0) is 41.3. The molecule has 0 spiro atoms. The minimum absolute atomic E-state index is 0.573. The van der Waals surface area contributed by atoms with Crippen LogP contribution in [-0.4, -0.2) is 24.1 Å². The maximum absolute atomic E-state index is 6.94. The topological polar surface area (TPSA) is 61.7 Å². The van der Waals surface area contributed by atoms with Crippen molar-refractivity contribution in [2.75, 3.05) is 0 Å². The van der Waals surface area contributed by atoms with Gasteiger partial charge in [0, 0.05) is 60.6 Å². The predicted octanol–water partition coefficient (Wildman–Crippen LogP) is 14.5. The maximum Gasteiger partial charge on any atom is 0.166 e. The van der Waals surface area contributed by atoms with E-state index >= 15 is 0 Å². The highest BCUT2D eigenvalue weighted by Crippen LogP contribution is 2.47. The first-order valence-electron chi connectivity index (χ1n) is 20.8. The Morgan fingerprint density at radius 2 is 1.13 bits per heavy atom. The van der Waals surface area contributed by atoms with Crippen LogP contribution in [0.1, 0.15) is 11.3 Å². The Morgan fingerprint density at radius 3 is 1.85 bits per heavy atom. The van der Waals surface area contributed by atoms with E-state index in [9.17, 15) is 0 Å². The SMILES string of the molecule is C=C/C=C\c1oc2c(cc(-c3nc(-c4ccccc4)nc(-c4ccccc4)n3)c3c2c2ccc4ccccc4c2n3-c2ccc3c(c2)c2ccccc2n3-c2ccccc2)c1C. The van der Waals surface area contributed by atoms with Crippen molar-refractivity contribution in [3.8, 4) is 45.5 Å². The van der Waals surface area contributed by atoms with Gasteiger partial charge in [0.2, 0.25) is 0 Å². The van der Waals surface area contributed by atoms with Crippen molar-refractivity contribution in [1.29, 1.82) is 0 Å². The number of aryl methyl sites for hydroxylation is 1. The molecule has 0 N–H and O–H groups in total. The average Bonchev–Trinajstić information content (AvgIpc) is 3.98. The van der Waals surface area contributed by atoms with Crippen LogP contribution in [0.4, 0.5) is 0 Å². The summed E-state index contributed by atoms with van der Waals surface area (Å²) >= 11 is 0. The minimum Gasteiger partial charge on any atom is -0.456 e. The van der Waals surface area contributed by atoms with Crippen LogP contribution in [0.2, 0.25) is 0 Å². The molecule has 0 aliphatic carbocycles. The van der Waals surface area contributed by atoms with Crippen molar-refractivity contribution in [3.05, 3.63) is 206 Å². The fraction of sp³-hybridized carbons (Fsp3) is 0.0179. The Morgan fingerprint density at radius 1 is 0.500 bits per heavy atom. The van der Waals surface area contributed by atoms with E-state index in [4.69, 9.17) is 19.4 Å². The molecule has 4 aromatic heterocycles. The molecule has 6 nitrogen and oxygen atoms in total. The van der Waals surface area contributed by atoms with Gasteiger partial charge in [-0.25, -0.2) is 15.0 Å². The lowest BCUT2D eigenvalue weighted by Gasteiger charge is -2.14. The lowest BCUT2D eigenvalue weighted by Crippen LogP contribution is -2.02. The summed E-state index contributed by atoms with van der Waals surface area (Å²) in [6.07, 6.45) is 5.69. The van der Waals surface area contributed by atoms with Crippen molar-refractivity contribution < 1.29 is 4.42 Å². The summed E-state index contributed by atoms with van der Waals surface area (Å²) in [5, 5.41) is 7.68. The van der Waals surface area contributed by atoms with E-state index in [2.05, 4.69) is 162 Å². The Bertz CT molecular complexity index is 3710. The molecule has 62 heavy (non-hydrogen) atoms. The zero-order valence-corrected chi connectivity index (χ0v) is 33.8. The van der Waals surface area contributed by atoms with Gasteiger partial charge in [-0.2, -0.15) is 0 Å². The molecule has 0 bridgehead atoms. The van der Waals surface area contributed by atoms with E-state index in [1.54, 1.807) is 6.08 Å². The molecule has 0 aliphatic heterocycles. The second kappa shape index (κ2) is 14.1. The molecule has 12 rings (SSSR count). The molecular weight excluding hydrogens is 759 g/mol. The van der Waals surface area contributed by atoms with Crippen LogP contribution in [0, 0.1) is 6.92 Å². The highest BCUT2D eigenvalue weighted by Gasteiger charge is 2.27. The molecule has 4 heterocycles. The van der Waals surface area contributed by atoms with Crippen molar-refractivity contribution in [1.82, 2.24) is 24.1 Å². The number of para-hydroxylation sites is 2. The Hall–Kier alpha value is -8.35. The van der Waals surface area contributed by atoms with Crippen LogP contribution in [0.15, 0.2) is 199 Å². The Kier molecular flexibility index (Phi) is 8.12. The van der Waals surface area contributed by atoms with Gasteiger partial charge in [0.05, 0.1) is 27.5 Å². The van der Waals surface area contributed by atoms with Crippen LogP contribution in [0.5, 0.6) is 0 Å². The highest BCUT2D eigenvalue weighted by atomic mass is 16.3. The van der Waals surface area contributed by atoms with Crippen LogP contribution in [0.3, 0.4) is 0 Å². The number of benzene rings is 8. The third-order valence-electron chi connectivity index (χ3n) is 12.1. The molecule has 0 amide bonds. The largest absolute Gasteiger partial charge is 0.456 e. The van der Waals surface area contributed by atoms with Crippen LogP contribution in [-0.2, 0) is 0 Å². The van der Waals surface area contributed by atoms with Gasteiger partial charge in [-0.05, 0) is 60.9 Å². The molecule has 0 saturated carbocycles. The molecule has 6 heteroatoms. The van der Waals surface area contributed by atoms with Gasteiger partial charge in [0.1, 0.15) is 11.3 Å². The Balaban J connectivity index is 1.27. The van der Waals surface area contributed by atoms with Crippen LogP contribution in [0.25, 0.3) is 117 Å². The standard InChI is InChI=1S/C56H37N5O/c1-3-4-28-49-35(2)44-34-46(56-58-54(37-19-8-5-9-20-37)57-55(59-56)38-21-10-6-11-22-38)52-50(53(44)62-49)43-31-29-36-18-14-15-25-41(36)51(43)61(52)40-30-32-48-45(33-40)42-26-16-17-27-47(42)60(48)39-23-12-7-13-24-39/h3-34H,1H2,2H3/b28-4-. The van der Waals surface area contributed by atoms with Crippen molar-refractivity contribution in [3.63, 3.8) is 0 Å². The molecule has 0 aliphatic rings. The second-order valence-electron chi connectivity index (χ2n) is 15.7. The number of hydrogen-bond donors (Lipinski definition) is 0. The van der Waals surface area contributed by atoms with Crippen LogP contribution >= 0.6 is 0 Å². The summed E-state index contributed by atoms with van der Waals surface area (Å²) in [4.78, 5) is 15.8. The van der Waals surface area contributed by atoms with Gasteiger partial charge in [-0.3, -0.25) is 0 Å². The van der Waals surface area contributed by atoms with Gasteiger partial charge in [-0.1, -0.05) is 152 Å². The Labute approximate surface area is 357 Å². The third kappa shape index (κ3) is 5.47. The van der Waals surface area contributed by atoms with Gasteiger partial charge in [0.15, 0.2) is 17.5 Å². The molecule has 0 atom stereocenters. The number of hydrogen-bond acceptors (Lipinski definition) is 4. The minimum atomic E-state index is 0.573. The van der Waals surface area contributed by atoms with Gasteiger partial charge < -0.3 is 13.6 Å². The number of furan rings is 1. The lowest BCUT2D eigenvalue weighted by molar-refractivity contribution is 0.604. The number of fused-ring (bicyclic) bond motifs is 10. The van der Waals surface area contributed by atoms with Crippen molar-refractivity contribution in [2.24, 2.45) is 0 Å². The van der Waals surface area contributed by atoms with E-state index in [1.807, 2.05) is 48.6 Å². The second-order valence-corrected chi connectivity index (χ2v) is 15.7. The molecule has 0 radical (unpaired) electrons. The molecule has 0 saturated heterocycles. The summed E-state index contributed by atoms with van der Waals surface area (Å²) in [5.41, 5.74) is 11.0. The smallest absolute Gasteiger partial charge is 0.166 e. The number of rotatable bonds is 7. The quantitative estimate of drug-likeness (QED) is 0.151. The summed E-state index contributed by atoms with van der Waals surface area (Å²) in [6.45, 7) is 6.06. The van der Waals surface area contributed by atoms with E-state index < -0.39 is 0 Å². The molecule has 12 aromatic rings. The number of allylic oxidation sites excluding steroid dienone is 2. The summed E-state index contributed by atoms with van der Waals surface area (Å²) < 4.78 is 11.7. The number of aromatic nitrogens is 5. The van der Waals surface area contributed by atoms with E-state index in [1.165, 1.54) is 5.39 Å². The van der Waals surface area contributed by atoms with Gasteiger partial charge in [-0.15, -0.1) is 0 Å². The third-order valence-corrected chi connectivity index (χ3v) is 12.1. The lowest BCUT2D eigenvalue weighted by atomic mass is 10.0. The summed E-state index contributed by atoms with van der Waals surface area (Å²) in [5.74, 6) is 2.55. The normalized spacial score (nSPS) is 12.0. The fourth-order valence-electron chi connectivity index (χ4n) is 9.28. The highest BCUT2D eigenvalue weighted by molar-refractivity contribution is 6.28. The molecule has 8 aromatic carbocycles. The van der Waals surface area contributed by atoms with Crippen molar-refractivity contribution in [2.45, 2.75) is 6.92 Å². The molecule has 0 fully saturated rings. The van der Waals surface area contributed by atoms with Gasteiger partial charge >= 0.3 is 0 Å². The van der Waals surface area contributed by atoms with E-state index in [0.29, 0.717) is 17.5 Å². The van der Waals surface area contributed by atoms with E-state index in [0.717, 1.165) is 99.4 Å². The monoisotopic (exact) mass is 795 g/mol. The summed E-state index contributed by atoms with van der Waals surface area (Å²) in [6, 6.07) is 61.7. The fourth-order valence-corrected chi connectivity index (χ4v) is 9.28. The first-order chi connectivity index (χ1) is 30.6. The maximum atomic E-state index is 6.94. The zero-order valence-electron chi connectivity index (χ0n) is 33.8. The van der Waals surface area contributed by atoms with Gasteiger partial charge in [0.25, 0.3) is 0 Å².